The van der Waals surface area contributed by atoms with Gasteiger partial charge in [-0.15, -0.1) is 0 Å². The molecule has 0 aliphatic carbocycles. The first-order valence-corrected chi connectivity index (χ1v) is 10.8. The SMILES string of the molecule is CC(=O)NC1CCN(C[C@]2(O)CCCN(C(=O)c3sc(N)nc3C)CC2)CC1. The van der Waals surface area contributed by atoms with Crippen molar-refractivity contribution in [3.05, 3.63) is 10.6 Å². The largest absolute Gasteiger partial charge is 0.388 e. The molecule has 0 aromatic carbocycles. The third-order valence-corrected chi connectivity index (χ3v) is 6.70. The van der Waals surface area contributed by atoms with E-state index in [1.54, 1.807) is 13.8 Å². The van der Waals surface area contributed by atoms with Crippen LogP contribution in [0.5, 0.6) is 0 Å². The molecule has 1 atom stereocenters. The average Bonchev–Trinajstić information content (AvgIpc) is 2.84. The molecule has 1 aromatic heterocycles. The number of aryl methyl sites for hydroxylation is 1. The Balaban J connectivity index is 1.53. The number of hydrogen-bond acceptors (Lipinski definition) is 7. The third-order valence-electron chi connectivity index (χ3n) is 5.72. The van der Waals surface area contributed by atoms with Gasteiger partial charge in [0.15, 0.2) is 5.13 Å². The number of amides is 2. The molecule has 1 aromatic rings. The summed E-state index contributed by atoms with van der Waals surface area (Å²) in [5.74, 6) is -0.0180. The van der Waals surface area contributed by atoms with Crippen LogP contribution in [0.3, 0.4) is 0 Å². The maximum absolute atomic E-state index is 12.8. The van der Waals surface area contributed by atoms with Gasteiger partial charge in [0.05, 0.1) is 11.3 Å². The molecular formula is C19H31N5O3S. The van der Waals surface area contributed by atoms with Crippen LogP contribution < -0.4 is 11.1 Å². The molecule has 0 radical (unpaired) electrons. The van der Waals surface area contributed by atoms with Crippen molar-refractivity contribution in [1.82, 2.24) is 20.1 Å². The number of carbonyl (C=O) groups excluding carboxylic acids is 2. The molecule has 0 spiro atoms. The van der Waals surface area contributed by atoms with Crippen LogP contribution in [0.2, 0.25) is 0 Å². The summed E-state index contributed by atoms with van der Waals surface area (Å²) in [6.45, 7) is 6.89. The van der Waals surface area contributed by atoms with E-state index in [9.17, 15) is 14.7 Å². The Hall–Kier alpha value is -1.71. The van der Waals surface area contributed by atoms with E-state index in [2.05, 4.69) is 15.2 Å². The Labute approximate surface area is 170 Å². The smallest absolute Gasteiger partial charge is 0.265 e. The molecule has 2 saturated heterocycles. The van der Waals surface area contributed by atoms with Gasteiger partial charge in [-0.1, -0.05) is 11.3 Å². The van der Waals surface area contributed by atoms with Gasteiger partial charge in [-0.25, -0.2) is 4.98 Å². The van der Waals surface area contributed by atoms with Crippen LogP contribution in [-0.4, -0.2) is 76.1 Å². The van der Waals surface area contributed by atoms with E-state index in [-0.39, 0.29) is 17.9 Å². The van der Waals surface area contributed by atoms with E-state index in [1.807, 2.05) is 4.90 Å². The van der Waals surface area contributed by atoms with Gasteiger partial charge >= 0.3 is 0 Å². The molecule has 0 bridgehead atoms. The summed E-state index contributed by atoms with van der Waals surface area (Å²) in [7, 11) is 0. The molecule has 8 nitrogen and oxygen atoms in total. The number of anilines is 1. The van der Waals surface area contributed by atoms with Crippen molar-refractivity contribution in [3.63, 3.8) is 0 Å². The van der Waals surface area contributed by atoms with Gasteiger partial charge in [0, 0.05) is 45.7 Å². The quantitative estimate of drug-likeness (QED) is 0.684. The lowest BCUT2D eigenvalue weighted by Gasteiger charge is -2.38. The maximum atomic E-state index is 12.8. The molecule has 9 heteroatoms. The number of thiazole rings is 1. The number of aromatic nitrogens is 1. The highest BCUT2D eigenvalue weighted by atomic mass is 32.1. The lowest BCUT2D eigenvalue weighted by atomic mass is 9.93. The van der Waals surface area contributed by atoms with Crippen molar-refractivity contribution >= 4 is 28.3 Å². The van der Waals surface area contributed by atoms with Gasteiger partial charge in [0.1, 0.15) is 4.88 Å². The molecule has 3 rings (SSSR count). The Morgan fingerprint density at radius 1 is 1.29 bits per heavy atom. The molecule has 156 valence electrons. The fourth-order valence-corrected chi connectivity index (χ4v) is 5.04. The Morgan fingerprint density at radius 2 is 2.00 bits per heavy atom. The van der Waals surface area contributed by atoms with Crippen molar-refractivity contribution < 1.29 is 14.7 Å². The highest BCUT2D eigenvalue weighted by molar-refractivity contribution is 7.17. The predicted octanol–water partition coefficient (Wildman–Crippen LogP) is 0.991. The van der Waals surface area contributed by atoms with Crippen molar-refractivity contribution in [2.24, 2.45) is 0 Å². The van der Waals surface area contributed by atoms with Crippen molar-refractivity contribution in [1.29, 1.82) is 0 Å². The number of β-amino-alcohol motifs (C(OH)–C–C–N with tert-alkyl or cyclic N) is 1. The van der Waals surface area contributed by atoms with Crippen LogP contribution in [-0.2, 0) is 4.79 Å². The standard InChI is InChI=1S/C19H31N5O3S/c1-13-16(28-18(20)21-13)17(26)24-8-3-6-19(27,7-11-24)12-23-9-4-15(5-10-23)22-14(2)25/h15,27H,3-12H2,1-2H3,(H2,20,21)(H,22,25)/t19-/m0/s1. The molecule has 0 saturated carbocycles. The molecule has 28 heavy (non-hydrogen) atoms. The van der Waals surface area contributed by atoms with Gasteiger partial charge in [-0.2, -0.15) is 0 Å². The summed E-state index contributed by atoms with van der Waals surface area (Å²) < 4.78 is 0. The number of nitrogens with one attached hydrogen (secondary N) is 1. The summed E-state index contributed by atoms with van der Waals surface area (Å²) in [5, 5.41) is 14.6. The number of piperidine rings is 1. The van der Waals surface area contributed by atoms with Crippen LogP contribution in [0.1, 0.15) is 54.4 Å². The normalized spacial score (nSPS) is 24.8. The van der Waals surface area contributed by atoms with Gasteiger partial charge in [-0.05, 0) is 39.0 Å². The predicted molar refractivity (Wildman–Crippen MR) is 109 cm³/mol. The summed E-state index contributed by atoms with van der Waals surface area (Å²) in [6.07, 6.45) is 3.85. The first kappa shape index (κ1) is 21.0. The second kappa shape index (κ2) is 8.75. The monoisotopic (exact) mass is 409 g/mol. The Bertz CT molecular complexity index is 716. The number of hydrogen-bond donors (Lipinski definition) is 3. The van der Waals surface area contributed by atoms with Crippen molar-refractivity contribution in [2.45, 2.75) is 57.6 Å². The zero-order chi connectivity index (χ0) is 20.3. The fourth-order valence-electron chi connectivity index (χ4n) is 4.24. The lowest BCUT2D eigenvalue weighted by Crippen LogP contribution is -2.50. The molecule has 2 fully saturated rings. The fraction of sp³-hybridized carbons (Fsp3) is 0.737. The van der Waals surface area contributed by atoms with Crippen molar-refractivity contribution in [3.8, 4) is 0 Å². The third kappa shape index (κ3) is 5.21. The number of likely N-dealkylation sites (tertiary alicyclic amines) is 2. The lowest BCUT2D eigenvalue weighted by molar-refractivity contribution is -0.120. The molecule has 4 N–H and O–H groups in total. The van der Waals surface area contributed by atoms with Gasteiger partial charge in [0.25, 0.3) is 5.91 Å². The minimum absolute atomic E-state index is 0.0172. The number of aliphatic hydroxyl groups is 1. The van der Waals surface area contributed by atoms with Crippen LogP contribution in [0.4, 0.5) is 5.13 Å². The topological polar surface area (TPSA) is 112 Å². The van der Waals surface area contributed by atoms with E-state index in [1.165, 1.54) is 11.3 Å². The summed E-state index contributed by atoms with van der Waals surface area (Å²) >= 11 is 1.23. The van der Waals surface area contributed by atoms with Gasteiger partial charge in [-0.3, -0.25) is 9.59 Å². The molecular weight excluding hydrogens is 378 g/mol. The molecule has 3 heterocycles. The van der Waals surface area contributed by atoms with E-state index in [0.717, 1.165) is 32.4 Å². The summed E-state index contributed by atoms with van der Waals surface area (Å²) in [4.78, 5) is 32.9. The van der Waals surface area contributed by atoms with Crippen LogP contribution in [0, 0.1) is 6.92 Å². The summed E-state index contributed by atoms with van der Waals surface area (Å²) in [6, 6.07) is 0.237. The van der Waals surface area contributed by atoms with E-state index >= 15 is 0 Å². The second-order valence-corrected chi connectivity index (χ2v) is 9.12. The number of nitrogen functional groups attached to an aromatic ring is 1. The van der Waals surface area contributed by atoms with E-state index in [4.69, 9.17) is 5.73 Å². The molecule has 2 amide bonds. The highest BCUT2D eigenvalue weighted by Crippen LogP contribution is 2.28. The minimum Gasteiger partial charge on any atom is -0.388 e. The molecule has 2 aliphatic rings. The zero-order valence-electron chi connectivity index (χ0n) is 16.7. The first-order valence-electron chi connectivity index (χ1n) is 10.00. The number of rotatable bonds is 4. The Morgan fingerprint density at radius 3 is 2.61 bits per heavy atom. The van der Waals surface area contributed by atoms with Crippen molar-refractivity contribution in [2.75, 3.05) is 38.5 Å². The number of nitrogens with two attached hydrogens (primary N) is 1. The first-order chi connectivity index (χ1) is 13.3. The minimum atomic E-state index is -0.780. The number of nitrogens with zero attached hydrogens (tertiary/aromatic N) is 3. The average molecular weight is 410 g/mol. The molecule has 0 unspecified atom stereocenters. The van der Waals surface area contributed by atoms with E-state index < -0.39 is 5.60 Å². The Kier molecular flexibility index (Phi) is 6.57. The van der Waals surface area contributed by atoms with Crippen LogP contribution >= 0.6 is 11.3 Å². The van der Waals surface area contributed by atoms with Gasteiger partial charge < -0.3 is 26.0 Å². The summed E-state index contributed by atoms with van der Waals surface area (Å²) in [5.41, 5.74) is 5.62. The zero-order valence-corrected chi connectivity index (χ0v) is 17.6. The maximum Gasteiger partial charge on any atom is 0.265 e. The van der Waals surface area contributed by atoms with Crippen LogP contribution in [0.25, 0.3) is 0 Å². The number of carbonyl (C=O) groups is 2. The van der Waals surface area contributed by atoms with Gasteiger partial charge in [0.2, 0.25) is 5.91 Å². The van der Waals surface area contributed by atoms with E-state index in [0.29, 0.717) is 48.2 Å². The van der Waals surface area contributed by atoms with Crippen LogP contribution in [0.15, 0.2) is 0 Å². The second-order valence-electron chi connectivity index (χ2n) is 8.09. The highest BCUT2D eigenvalue weighted by Gasteiger charge is 2.35. The molecule has 2 aliphatic heterocycles.